The molecule has 2 aromatic carbocycles. The van der Waals surface area contributed by atoms with Crippen molar-refractivity contribution in [1.82, 2.24) is 0 Å². The molecular weight excluding hydrogens is 287 g/mol. The molecule has 18 heavy (non-hydrogen) atoms. The Balaban J connectivity index is 2.07. The van der Waals surface area contributed by atoms with Gasteiger partial charge in [-0.15, -0.1) is 0 Å². The van der Waals surface area contributed by atoms with Crippen LogP contribution in [0.2, 0.25) is 0 Å². The Morgan fingerprint density at radius 2 is 1.83 bits per heavy atom. The topological polar surface area (TPSA) is 52.9 Å². The summed E-state index contributed by atoms with van der Waals surface area (Å²) >= 11 is -0.955. The van der Waals surface area contributed by atoms with E-state index >= 15 is 0 Å². The zero-order valence-electron chi connectivity index (χ0n) is 9.63. The Morgan fingerprint density at radius 1 is 1.11 bits per heavy atom. The summed E-state index contributed by atoms with van der Waals surface area (Å²) in [5.74, 6) is 0. The molecule has 0 unspecified atom stereocenters. The van der Waals surface area contributed by atoms with Crippen LogP contribution in [0, 0.1) is 11.3 Å². The summed E-state index contributed by atoms with van der Waals surface area (Å²) in [7, 11) is 0. The van der Waals surface area contributed by atoms with E-state index < -0.39 is 15.7 Å². The maximum absolute atomic E-state index is 10.7. The Hall–Kier alpha value is -1.91. The molecule has 0 aliphatic carbocycles. The van der Waals surface area contributed by atoms with Crippen molar-refractivity contribution in [2.24, 2.45) is 0 Å². The van der Waals surface area contributed by atoms with Gasteiger partial charge < -0.3 is 0 Å². The van der Waals surface area contributed by atoms with E-state index in [1.54, 1.807) is 6.07 Å². The van der Waals surface area contributed by atoms with Crippen molar-refractivity contribution in [3.05, 3.63) is 59.7 Å². The number of nitrogens with one attached hydrogen (secondary N) is 1. The number of hydrogen-bond acceptors (Lipinski definition) is 3. The van der Waals surface area contributed by atoms with Gasteiger partial charge in [0.2, 0.25) is 0 Å². The van der Waals surface area contributed by atoms with Gasteiger partial charge in [-0.2, -0.15) is 0 Å². The molecule has 0 spiro atoms. The number of hydrogen-bond donors (Lipinski definition) is 1. The molecule has 0 saturated carbocycles. The van der Waals surface area contributed by atoms with Crippen LogP contribution in [-0.4, -0.2) is 15.7 Å². The molecule has 0 amide bonds. The standard InChI is InChI=1S/C14H11AsN2O/c16-9-11-3-1-2-4-12(11)10-17-14-7-5-13(15-18)6-8-14/h1-8,17H,10H2. The number of nitriles is 1. The third-order valence-corrected chi connectivity index (χ3v) is 3.66. The molecular formula is C14H11AsN2O. The molecule has 0 bridgehead atoms. The van der Waals surface area contributed by atoms with Gasteiger partial charge in [-0.3, -0.25) is 0 Å². The number of nitrogens with zero attached hydrogens (tertiary/aromatic N) is 1. The summed E-state index contributed by atoms with van der Waals surface area (Å²) in [6.45, 7) is 0.605. The van der Waals surface area contributed by atoms with Gasteiger partial charge in [0.25, 0.3) is 0 Å². The molecule has 4 heteroatoms. The van der Waals surface area contributed by atoms with Crippen LogP contribution < -0.4 is 9.67 Å². The average molecular weight is 298 g/mol. The third kappa shape index (κ3) is 3.06. The first-order chi connectivity index (χ1) is 8.83. The van der Waals surface area contributed by atoms with Crippen molar-refractivity contribution >= 4 is 25.7 Å². The van der Waals surface area contributed by atoms with Crippen LogP contribution >= 0.6 is 0 Å². The minimum absolute atomic E-state index is 0.605. The summed E-state index contributed by atoms with van der Waals surface area (Å²) < 4.78 is 11.6. The molecule has 0 saturated heterocycles. The molecule has 0 atom stereocenters. The fourth-order valence-corrected chi connectivity index (χ4v) is 2.19. The first-order valence-corrected chi connectivity index (χ1v) is 7.19. The van der Waals surface area contributed by atoms with Gasteiger partial charge in [0.1, 0.15) is 0 Å². The van der Waals surface area contributed by atoms with Crippen LogP contribution in [0.4, 0.5) is 5.69 Å². The van der Waals surface area contributed by atoms with Crippen LogP contribution in [0.5, 0.6) is 0 Å². The minimum atomic E-state index is -0.955. The molecule has 88 valence electrons. The Bertz CT molecular complexity index is 587. The van der Waals surface area contributed by atoms with E-state index in [0.29, 0.717) is 12.1 Å². The normalized spacial score (nSPS) is 9.94. The first-order valence-electron chi connectivity index (χ1n) is 5.49. The molecule has 0 heterocycles. The molecule has 2 rings (SSSR count). The Labute approximate surface area is 112 Å². The van der Waals surface area contributed by atoms with Gasteiger partial charge in [-0.1, -0.05) is 0 Å². The van der Waals surface area contributed by atoms with Crippen LogP contribution in [0.15, 0.2) is 48.5 Å². The number of rotatable bonds is 4. The van der Waals surface area contributed by atoms with Crippen molar-refractivity contribution < 1.29 is 3.74 Å². The van der Waals surface area contributed by atoms with Crippen LogP contribution in [0.3, 0.4) is 0 Å². The van der Waals surface area contributed by atoms with Gasteiger partial charge in [-0.25, -0.2) is 0 Å². The van der Waals surface area contributed by atoms with Crippen molar-refractivity contribution in [1.29, 1.82) is 5.26 Å². The van der Waals surface area contributed by atoms with Crippen LogP contribution in [-0.2, 0) is 10.3 Å². The fraction of sp³-hybridized carbons (Fsp3) is 0.0714. The summed E-state index contributed by atoms with van der Waals surface area (Å²) in [6, 6.07) is 17.2. The summed E-state index contributed by atoms with van der Waals surface area (Å²) in [5.41, 5.74) is 2.62. The Morgan fingerprint density at radius 3 is 2.50 bits per heavy atom. The van der Waals surface area contributed by atoms with E-state index in [2.05, 4.69) is 11.4 Å². The zero-order chi connectivity index (χ0) is 12.8. The van der Waals surface area contributed by atoms with E-state index in [9.17, 15) is 3.74 Å². The average Bonchev–Trinajstić information content (AvgIpc) is 2.46. The second-order valence-electron chi connectivity index (χ2n) is 3.76. The summed E-state index contributed by atoms with van der Waals surface area (Å²) in [5, 5.41) is 12.2. The van der Waals surface area contributed by atoms with Crippen LogP contribution in [0.1, 0.15) is 11.1 Å². The maximum atomic E-state index is 10.7. The predicted octanol–water partition coefficient (Wildman–Crippen LogP) is 1.85. The van der Waals surface area contributed by atoms with Crippen molar-refractivity contribution in [2.45, 2.75) is 6.54 Å². The van der Waals surface area contributed by atoms with E-state index in [1.807, 2.05) is 42.5 Å². The van der Waals surface area contributed by atoms with Crippen molar-refractivity contribution in [2.75, 3.05) is 5.32 Å². The summed E-state index contributed by atoms with van der Waals surface area (Å²) in [6.07, 6.45) is 0. The fourth-order valence-electron chi connectivity index (χ4n) is 1.62. The molecule has 2 aromatic rings. The second-order valence-corrected chi connectivity index (χ2v) is 5.23. The molecule has 0 fully saturated rings. The van der Waals surface area contributed by atoms with Gasteiger partial charge in [0, 0.05) is 0 Å². The molecule has 3 nitrogen and oxygen atoms in total. The molecule has 0 radical (unpaired) electrons. The predicted molar refractivity (Wildman–Crippen MR) is 71.0 cm³/mol. The van der Waals surface area contributed by atoms with Gasteiger partial charge >= 0.3 is 112 Å². The van der Waals surface area contributed by atoms with Crippen molar-refractivity contribution in [3.8, 4) is 6.07 Å². The summed E-state index contributed by atoms with van der Waals surface area (Å²) in [4.78, 5) is 0. The molecule has 0 aliphatic rings. The molecule has 0 aromatic heterocycles. The SMILES string of the molecule is N#Cc1ccccc1CNc1ccc([As]=O)cc1. The first kappa shape index (κ1) is 12.5. The van der Waals surface area contributed by atoms with Gasteiger partial charge in [-0.05, 0) is 0 Å². The quantitative estimate of drug-likeness (QED) is 0.876. The molecule has 1 N–H and O–H groups in total. The second kappa shape index (κ2) is 6.14. The molecule has 0 aliphatic heterocycles. The van der Waals surface area contributed by atoms with E-state index in [-0.39, 0.29) is 0 Å². The van der Waals surface area contributed by atoms with Gasteiger partial charge in [0.05, 0.1) is 0 Å². The number of benzene rings is 2. The van der Waals surface area contributed by atoms with Crippen LogP contribution in [0.25, 0.3) is 0 Å². The van der Waals surface area contributed by atoms with E-state index in [4.69, 9.17) is 5.26 Å². The zero-order valence-corrected chi connectivity index (χ0v) is 11.5. The monoisotopic (exact) mass is 298 g/mol. The van der Waals surface area contributed by atoms with Crippen molar-refractivity contribution in [3.63, 3.8) is 0 Å². The van der Waals surface area contributed by atoms with E-state index in [1.165, 1.54) is 0 Å². The third-order valence-electron chi connectivity index (χ3n) is 2.59. The number of anilines is 1. The Kier molecular flexibility index (Phi) is 4.28. The van der Waals surface area contributed by atoms with Gasteiger partial charge in [0.15, 0.2) is 0 Å². The van der Waals surface area contributed by atoms with E-state index in [0.717, 1.165) is 15.6 Å².